The quantitative estimate of drug-likeness (QED) is 0.816. The largest absolute Gasteiger partial charge is 0.329 e. The predicted molar refractivity (Wildman–Crippen MR) is 76.2 cm³/mol. The molecule has 0 heterocycles. The molecule has 0 bridgehead atoms. The van der Waals surface area contributed by atoms with Crippen molar-refractivity contribution in [1.82, 2.24) is 4.90 Å². The minimum atomic E-state index is 0.231. The minimum Gasteiger partial charge on any atom is -0.329 e. The van der Waals surface area contributed by atoms with E-state index in [0.29, 0.717) is 5.41 Å². The van der Waals surface area contributed by atoms with Crippen LogP contribution in [0, 0.1) is 5.41 Å². The summed E-state index contributed by atoms with van der Waals surface area (Å²) in [4.78, 5) is 2.56. The van der Waals surface area contributed by atoms with E-state index in [1.54, 1.807) is 0 Å². The third-order valence-corrected chi connectivity index (χ3v) is 5.40. The Balaban J connectivity index is 2.84. The zero-order valence-electron chi connectivity index (χ0n) is 12.8. The van der Waals surface area contributed by atoms with Crippen LogP contribution in [0.1, 0.15) is 66.7 Å². The van der Waals surface area contributed by atoms with Crippen molar-refractivity contribution in [1.29, 1.82) is 0 Å². The maximum Gasteiger partial charge on any atom is 0.0334 e. The summed E-state index contributed by atoms with van der Waals surface area (Å²) in [5.74, 6) is 0. The Morgan fingerprint density at radius 3 is 1.94 bits per heavy atom. The van der Waals surface area contributed by atoms with Crippen LogP contribution >= 0.6 is 0 Å². The van der Waals surface area contributed by atoms with Gasteiger partial charge >= 0.3 is 0 Å². The number of nitrogens with zero attached hydrogens (tertiary/aromatic N) is 1. The standard InChI is InChI=1S/C15H32N2/c1-7-14(4,5)17(6)15(12-16)10-8-13(2,3)9-11-15/h7-12,16H2,1-6H3. The smallest absolute Gasteiger partial charge is 0.0334 e. The Morgan fingerprint density at radius 1 is 1.12 bits per heavy atom. The molecule has 0 saturated heterocycles. The summed E-state index contributed by atoms with van der Waals surface area (Å²) < 4.78 is 0. The molecular weight excluding hydrogens is 208 g/mol. The molecule has 1 rings (SSSR count). The van der Waals surface area contributed by atoms with E-state index in [0.717, 1.165) is 6.54 Å². The topological polar surface area (TPSA) is 29.3 Å². The van der Waals surface area contributed by atoms with E-state index >= 15 is 0 Å². The second kappa shape index (κ2) is 4.89. The van der Waals surface area contributed by atoms with Crippen molar-refractivity contribution in [3.8, 4) is 0 Å². The van der Waals surface area contributed by atoms with Crippen LogP contribution in [0.15, 0.2) is 0 Å². The van der Waals surface area contributed by atoms with Crippen molar-refractivity contribution in [2.24, 2.45) is 11.1 Å². The highest BCUT2D eigenvalue weighted by molar-refractivity contribution is 5.00. The van der Waals surface area contributed by atoms with Gasteiger partial charge in [0.05, 0.1) is 0 Å². The molecule has 2 nitrogen and oxygen atoms in total. The molecule has 2 heteroatoms. The van der Waals surface area contributed by atoms with E-state index in [1.165, 1.54) is 32.1 Å². The van der Waals surface area contributed by atoms with Crippen molar-refractivity contribution < 1.29 is 0 Å². The second-order valence-corrected chi connectivity index (χ2v) is 7.32. The van der Waals surface area contributed by atoms with Crippen LogP contribution in [0.5, 0.6) is 0 Å². The van der Waals surface area contributed by atoms with E-state index in [9.17, 15) is 0 Å². The lowest BCUT2D eigenvalue weighted by Crippen LogP contribution is -2.61. The van der Waals surface area contributed by atoms with Crippen LogP contribution in [-0.4, -0.2) is 29.6 Å². The van der Waals surface area contributed by atoms with Gasteiger partial charge in [0.15, 0.2) is 0 Å². The molecule has 17 heavy (non-hydrogen) atoms. The normalized spacial score (nSPS) is 24.0. The van der Waals surface area contributed by atoms with Crippen molar-refractivity contribution in [3.63, 3.8) is 0 Å². The third kappa shape index (κ3) is 3.03. The van der Waals surface area contributed by atoms with Gasteiger partial charge in [-0.05, 0) is 58.4 Å². The summed E-state index contributed by atoms with van der Waals surface area (Å²) in [6.07, 6.45) is 6.27. The number of hydrogen-bond donors (Lipinski definition) is 1. The van der Waals surface area contributed by atoms with Crippen LogP contribution in [0.3, 0.4) is 0 Å². The summed E-state index contributed by atoms with van der Waals surface area (Å²) in [7, 11) is 2.27. The molecule has 1 aliphatic rings. The second-order valence-electron chi connectivity index (χ2n) is 7.32. The van der Waals surface area contributed by atoms with E-state index in [1.807, 2.05) is 0 Å². The predicted octanol–water partition coefficient (Wildman–Crippen LogP) is 3.40. The van der Waals surface area contributed by atoms with Gasteiger partial charge in [-0.15, -0.1) is 0 Å². The Hall–Kier alpha value is -0.0800. The van der Waals surface area contributed by atoms with Crippen molar-refractivity contribution in [2.75, 3.05) is 13.6 Å². The van der Waals surface area contributed by atoms with Crippen LogP contribution < -0.4 is 5.73 Å². The first-order chi connectivity index (χ1) is 7.69. The fourth-order valence-electron chi connectivity index (χ4n) is 2.95. The first kappa shape index (κ1) is 15.0. The van der Waals surface area contributed by atoms with Crippen molar-refractivity contribution in [2.45, 2.75) is 77.8 Å². The molecule has 0 spiro atoms. The van der Waals surface area contributed by atoms with Gasteiger partial charge in [0.1, 0.15) is 0 Å². The molecule has 0 radical (unpaired) electrons. The summed E-state index contributed by atoms with van der Waals surface area (Å²) >= 11 is 0. The van der Waals surface area contributed by atoms with Gasteiger partial charge in [0, 0.05) is 17.6 Å². The molecule has 1 fully saturated rings. The zero-order valence-corrected chi connectivity index (χ0v) is 12.8. The minimum absolute atomic E-state index is 0.231. The third-order valence-electron chi connectivity index (χ3n) is 5.40. The van der Waals surface area contributed by atoms with Crippen LogP contribution in [0.2, 0.25) is 0 Å². The SMILES string of the molecule is CCC(C)(C)N(C)C1(CN)CCC(C)(C)CC1. The van der Waals surface area contributed by atoms with E-state index in [4.69, 9.17) is 5.73 Å². The van der Waals surface area contributed by atoms with Gasteiger partial charge in [-0.1, -0.05) is 20.8 Å². The van der Waals surface area contributed by atoms with Crippen LogP contribution in [0.25, 0.3) is 0 Å². The molecule has 102 valence electrons. The van der Waals surface area contributed by atoms with Gasteiger partial charge < -0.3 is 5.73 Å². The summed E-state index contributed by atoms with van der Waals surface area (Å²) in [6.45, 7) is 12.5. The highest BCUT2D eigenvalue weighted by atomic mass is 15.2. The average Bonchev–Trinajstić information content (AvgIpc) is 2.29. The number of hydrogen-bond acceptors (Lipinski definition) is 2. The molecule has 0 aromatic heterocycles. The Labute approximate surface area is 108 Å². The molecule has 0 amide bonds. The number of likely N-dealkylation sites (N-methyl/N-ethyl adjacent to an activating group) is 1. The molecule has 0 aromatic carbocycles. The van der Waals surface area contributed by atoms with E-state index in [-0.39, 0.29) is 11.1 Å². The maximum atomic E-state index is 6.14. The van der Waals surface area contributed by atoms with Gasteiger partial charge in [0.25, 0.3) is 0 Å². The lowest BCUT2D eigenvalue weighted by molar-refractivity contribution is -0.0225. The van der Waals surface area contributed by atoms with Gasteiger partial charge in [-0.3, -0.25) is 4.90 Å². The highest BCUT2D eigenvalue weighted by Crippen LogP contribution is 2.44. The summed E-state index contributed by atoms with van der Waals surface area (Å²) in [5.41, 5.74) is 7.13. The highest BCUT2D eigenvalue weighted by Gasteiger charge is 2.44. The fraction of sp³-hybridized carbons (Fsp3) is 1.00. The lowest BCUT2D eigenvalue weighted by Gasteiger charge is -2.54. The average molecular weight is 240 g/mol. The molecular formula is C15H32N2. The van der Waals surface area contributed by atoms with Crippen molar-refractivity contribution in [3.05, 3.63) is 0 Å². The molecule has 2 N–H and O–H groups in total. The van der Waals surface area contributed by atoms with Gasteiger partial charge in [-0.2, -0.15) is 0 Å². The van der Waals surface area contributed by atoms with Gasteiger partial charge in [-0.25, -0.2) is 0 Å². The molecule has 0 atom stereocenters. The van der Waals surface area contributed by atoms with E-state index in [2.05, 4.69) is 46.6 Å². The summed E-state index contributed by atoms with van der Waals surface area (Å²) in [5, 5.41) is 0. The van der Waals surface area contributed by atoms with Crippen molar-refractivity contribution >= 4 is 0 Å². The first-order valence-electron chi connectivity index (χ1n) is 7.13. The molecule has 0 unspecified atom stereocenters. The Morgan fingerprint density at radius 2 is 1.59 bits per heavy atom. The lowest BCUT2D eigenvalue weighted by atomic mass is 9.68. The molecule has 1 saturated carbocycles. The monoisotopic (exact) mass is 240 g/mol. The van der Waals surface area contributed by atoms with Gasteiger partial charge in [0.2, 0.25) is 0 Å². The molecule has 0 aliphatic heterocycles. The molecule has 1 aliphatic carbocycles. The van der Waals surface area contributed by atoms with E-state index < -0.39 is 0 Å². The fourth-order valence-corrected chi connectivity index (χ4v) is 2.95. The number of nitrogens with two attached hydrogens (primary N) is 1. The number of rotatable bonds is 4. The Kier molecular flexibility index (Phi) is 4.31. The summed E-state index contributed by atoms with van der Waals surface area (Å²) in [6, 6.07) is 0. The van der Waals surface area contributed by atoms with Crippen LogP contribution in [0.4, 0.5) is 0 Å². The first-order valence-corrected chi connectivity index (χ1v) is 7.13. The zero-order chi connectivity index (χ0) is 13.3. The maximum absolute atomic E-state index is 6.14. The Bertz CT molecular complexity index is 246. The van der Waals surface area contributed by atoms with Crippen LogP contribution in [-0.2, 0) is 0 Å². The molecule has 0 aromatic rings.